The number of fused-ring (bicyclic) bond motifs is 1. The summed E-state index contributed by atoms with van der Waals surface area (Å²) in [6.07, 6.45) is 0.748. The van der Waals surface area contributed by atoms with Crippen LogP contribution in [0, 0.1) is 0 Å². The Bertz CT molecular complexity index is 510. The van der Waals surface area contributed by atoms with Crippen molar-refractivity contribution in [2.75, 3.05) is 19.6 Å². The molecule has 0 aliphatic rings. The normalized spacial score (nSPS) is 11.2. The van der Waals surface area contributed by atoms with Crippen LogP contribution in [0.3, 0.4) is 0 Å². The minimum absolute atomic E-state index is 0.560. The fraction of sp³-hybridized carbons (Fsp3) is 0.417. The first-order valence-corrected chi connectivity index (χ1v) is 6.37. The molecule has 5 heteroatoms. The van der Waals surface area contributed by atoms with Crippen molar-refractivity contribution in [2.24, 2.45) is 0 Å². The number of aromatic nitrogens is 2. The molecule has 0 fully saturated rings. The van der Waals surface area contributed by atoms with Gasteiger partial charge < -0.3 is 9.30 Å². The van der Waals surface area contributed by atoms with Crippen LogP contribution in [-0.4, -0.2) is 29.1 Å². The van der Waals surface area contributed by atoms with E-state index >= 15 is 0 Å². The van der Waals surface area contributed by atoms with Crippen molar-refractivity contribution in [1.82, 2.24) is 9.55 Å². The summed E-state index contributed by atoms with van der Waals surface area (Å²) in [4.78, 5) is 4.55. The molecule has 0 bridgehead atoms. The monoisotopic (exact) mass is 272 g/mol. The summed E-state index contributed by atoms with van der Waals surface area (Å²) in [5.41, 5.74) is 1.99. The predicted molar refractivity (Wildman–Crippen MR) is 71.0 cm³/mol. The molecule has 1 heterocycles. The van der Waals surface area contributed by atoms with E-state index in [-0.39, 0.29) is 0 Å². The van der Waals surface area contributed by atoms with Crippen molar-refractivity contribution in [3.05, 3.63) is 29.0 Å². The summed E-state index contributed by atoms with van der Waals surface area (Å²) in [6.45, 7) is 1.43. The van der Waals surface area contributed by atoms with Gasteiger partial charge in [-0.1, -0.05) is 11.6 Å². The van der Waals surface area contributed by atoms with Gasteiger partial charge in [0.2, 0.25) is 0 Å². The van der Waals surface area contributed by atoms with Crippen LogP contribution in [0.2, 0.25) is 5.02 Å². The van der Waals surface area contributed by atoms with E-state index in [0.29, 0.717) is 17.5 Å². The van der Waals surface area contributed by atoms with Gasteiger partial charge in [0.25, 0.3) is 0 Å². The number of hydrogen-bond donors (Lipinski definition) is 0. The maximum absolute atomic E-state index is 5.96. The third kappa shape index (κ3) is 2.73. The van der Waals surface area contributed by atoms with E-state index in [1.807, 2.05) is 18.2 Å². The Morgan fingerprint density at radius 1 is 1.41 bits per heavy atom. The summed E-state index contributed by atoms with van der Waals surface area (Å²) in [5.74, 6) is 1.54. The first kappa shape index (κ1) is 12.7. The second kappa shape index (κ2) is 5.71. The molecule has 0 unspecified atom stereocenters. The summed E-state index contributed by atoms with van der Waals surface area (Å²) >= 11 is 11.8. The number of methoxy groups -OCH3 is 1. The first-order chi connectivity index (χ1) is 8.26. The van der Waals surface area contributed by atoms with Crippen LogP contribution in [0.15, 0.2) is 18.2 Å². The molecular formula is C12H14Cl2N2O. The lowest BCUT2D eigenvalue weighted by Crippen LogP contribution is -2.08. The quantitative estimate of drug-likeness (QED) is 0.783. The second-order valence-electron chi connectivity index (χ2n) is 3.74. The summed E-state index contributed by atoms with van der Waals surface area (Å²) in [5, 5.41) is 0.700. The Morgan fingerprint density at radius 3 is 2.94 bits per heavy atom. The summed E-state index contributed by atoms with van der Waals surface area (Å²) in [6, 6.07) is 5.73. The fourth-order valence-electron chi connectivity index (χ4n) is 1.86. The number of hydrogen-bond acceptors (Lipinski definition) is 2. The minimum Gasteiger partial charge on any atom is -0.383 e. The molecule has 3 nitrogen and oxygen atoms in total. The third-order valence-electron chi connectivity index (χ3n) is 2.63. The number of nitrogens with zero attached hydrogens (tertiary/aromatic N) is 2. The molecular weight excluding hydrogens is 259 g/mol. The lowest BCUT2D eigenvalue weighted by atomic mass is 10.3. The van der Waals surface area contributed by atoms with Gasteiger partial charge in [-0.05, 0) is 18.2 Å². The second-order valence-corrected chi connectivity index (χ2v) is 4.56. The van der Waals surface area contributed by atoms with Crippen molar-refractivity contribution in [3.8, 4) is 0 Å². The number of imidazole rings is 1. The molecule has 0 amide bonds. The van der Waals surface area contributed by atoms with Crippen LogP contribution in [0.5, 0.6) is 0 Å². The molecule has 0 aliphatic heterocycles. The Hall–Kier alpha value is -0.770. The number of halogens is 2. The number of alkyl halides is 1. The van der Waals surface area contributed by atoms with Crippen molar-refractivity contribution in [1.29, 1.82) is 0 Å². The average Bonchev–Trinajstić information content (AvgIpc) is 2.63. The molecule has 0 aliphatic carbocycles. The third-order valence-corrected chi connectivity index (χ3v) is 3.05. The van der Waals surface area contributed by atoms with Gasteiger partial charge in [0.15, 0.2) is 0 Å². The first-order valence-electron chi connectivity index (χ1n) is 5.46. The zero-order valence-electron chi connectivity index (χ0n) is 9.62. The number of ether oxygens (including phenoxy) is 1. The summed E-state index contributed by atoms with van der Waals surface area (Å²) in [7, 11) is 1.69. The highest BCUT2D eigenvalue weighted by molar-refractivity contribution is 6.31. The van der Waals surface area contributed by atoms with Gasteiger partial charge in [-0.3, -0.25) is 0 Å². The molecule has 1 aromatic heterocycles. The van der Waals surface area contributed by atoms with Gasteiger partial charge >= 0.3 is 0 Å². The van der Waals surface area contributed by atoms with Gasteiger partial charge in [0, 0.05) is 31.0 Å². The molecule has 1 aromatic carbocycles. The van der Waals surface area contributed by atoms with Crippen molar-refractivity contribution in [3.63, 3.8) is 0 Å². The Morgan fingerprint density at radius 2 is 2.24 bits per heavy atom. The molecule has 92 valence electrons. The molecule has 2 rings (SSSR count). The highest BCUT2D eigenvalue weighted by Crippen LogP contribution is 2.21. The van der Waals surface area contributed by atoms with Gasteiger partial charge in [-0.15, -0.1) is 11.6 Å². The SMILES string of the molecule is COCCn1c(CCCl)nc2cc(Cl)ccc21. The van der Waals surface area contributed by atoms with Gasteiger partial charge in [-0.25, -0.2) is 4.98 Å². The van der Waals surface area contributed by atoms with E-state index in [2.05, 4.69) is 9.55 Å². The van der Waals surface area contributed by atoms with E-state index < -0.39 is 0 Å². The molecule has 17 heavy (non-hydrogen) atoms. The summed E-state index contributed by atoms with van der Waals surface area (Å²) < 4.78 is 7.25. The molecule has 0 spiro atoms. The zero-order chi connectivity index (χ0) is 12.3. The molecule has 0 N–H and O–H groups in total. The topological polar surface area (TPSA) is 27.1 Å². The highest BCUT2D eigenvalue weighted by Gasteiger charge is 2.10. The Labute approximate surface area is 110 Å². The van der Waals surface area contributed by atoms with Crippen LogP contribution in [-0.2, 0) is 17.7 Å². The standard InChI is InChI=1S/C12H14Cl2N2O/c1-17-7-6-16-11-3-2-9(14)8-10(11)15-12(16)4-5-13/h2-3,8H,4-7H2,1H3. The van der Waals surface area contributed by atoms with Crippen LogP contribution in [0.1, 0.15) is 5.82 Å². The van der Waals surface area contributed by atoms with Gasteiger partial charge in [0.05, 0.1) is 17.6 Å². The predicted octanol–water partition coefficient (Wildman–Crippen LogP) is 3.12. The van der Waals surface area contributed by atoms with Crippen molar-refractivity contribution >= 4 is 34.2 Å². The van der Waals surface area contributed by atoms with E-state index in [1.54, 1.807) is 7.11 Å². The van der Waals surface area contributed by atoms with Gasteiger partial charge in [-0.2, -0.15) is 0 Å². The highest BCUT2D eigenvalue weighted by atomic mass is 35.5. The fourth-order valence-corrected chi connectivity index (χ4v) is 2.20. The largest absolute Gasteiger partial charge is 0.383 e. The molecule has 0 saturated heterocycles. The van der Waals surface area contributed by atoms with Crippen LogP contribution in [0.4, 0.5) is 0 Å². The van der Waals surface area contributed by atoms with Crippen LogP contribution in [0.25, 0.3) is 11.0 Å². The van der Waals surface area contributed by atoms with Crippen LogP contribution >= 0.6 is 23.2 Å². The van der Waals surface area contributed by atoms with Crippen molar-refractivity contribution < 1.29 is 4.74 Å². The van der Waals surface area contributed by atoms with Gasteiger partial charge in [0.1, 0.15) is 5.82 Å². The zero-order valence-corrected chi connectivity index (χ0v) is 11.1. The lowest BCUT2D eigenvalue weighted by Gasteiger charge is -2.07. The molecule has 0 atom stereocenters. The average molecular weight is 273 g/mol. The number of rotatable bonds is 5. The molecule has 2 aromatic rings. The number of aryl methyl sites for hydroxylation is 1. The van der Waals surface area contributed by atoms with E-state index in [4.69, 9.17) is 27.9 Å². The Kier molecular flexibility index (Phi) is 4.26. The maximum atomic E-state index is 5.96. The minimum atomic E-state index is 0.560. The Balaban J connectivity index is 2.46. The lowest BCUT2D eigenvalue weighted by molar-refractivity contribution is 0.187. The van der Waals surface area contributed by atoms with E-state index in [0.717, 1.165) is 29.8 Å². The smallest absolute Gasteiger partial charge is 0.111 e. The van der Waals surface area contributed by atoms with E-state index in [1.165, 1.54) is 0 Å². The van der Waals surface area contributed by atoms with Crippen molar-refractivity contribution in [2.45, 2.75) is 13.0 Å². The molecule has 0 radical (unpaired) electrons. The van der Waals surface area contributed by atoms with Crippen LogP contribution < -0.4 is 0 Å². The number of benzene rings is 1. The maximum Gasteiger partial charge on any atom is 0.111 e. The molecule has 0 saturated carbocycles. The van der Waals surface area contributed by atoms with E-state index in [9.17, 15) is 0 Å².